The second kappa shape index (κ2) is 10.8. The summed E-state index contributed by atoms with van der Waals surface area (Å²) in [6, 6.07) is 0.341. The molecule has 1 aliphatic rings. The molecule has 0 saturated heterocycles. The smallest absolute Gasteiger partial charge is 0.132 e. The normalized spacial score (nSPS) is 19.2. The van der Waals surface area contributed by atoms with Crippen LogP contribution in [0.15, 0.2) is 188 Å². The third-order valence-corrected chi connectivity index (χ3v) is 8.72. The van der Waals surface area contributed by atoms with E-state index in [1.165, 1.54) is 0 Å². The van der Waals surface area contributed by atoms with Gasteiger partial charge in [0.25, 0.3) is 0 Å². The predicted molar refractivity (Wildman–Crippen MR) is 202 cm³/mol. The molecular weight excluding hydrogens is 595 g/mol. The van der Waals surface area contributed by atoms with Crippen LogP contribution < -0.4 is 4.74 Å². The summed E-state index contributed by atoms with van der Waals surface area (Å²) >= 11 is 0. The van der Waals surface area contributed by atoms with E-state index < -0.39 is 187 Å². The molecule has 2 nitrogen and oxygen atoms in total. The Hall–Kier alpha value is -6.38. The maximum absolute atomic E-state index is 10.2. The molecule has 0 fully saturated rings. The minimum absolute atomic E-state index is 0.159. The highest BCUT2D eigenvalue weighted by Crippen LogP contribution is 2.56. The zero-order valence-corrected chi connectivity index (χ0v) is 25.1. The average Bonchev–Trinajstić information content (AvgIpc) is 3.71. The van der Waals surface area contributed by atoms with Gasteiger partial charge in [0, 0.05) is 33.0 Å². The molecule has 0 atom stereocenters. The molecule has 230 valence electrons. The third kappa shape index (κ3) is 4.07. The number of aromatic nitrogens is 1. The van der Waals surface area contributed by atoms with Gasteiger partial charge in [-0.2, -0.15) is 0 Å². The van der Waals surface area contributed by atoms with E-state index in [4.69, 9.17) is 22.6 Å². The van der Waals surface area contributed by atoms with Crippen molar-refractivity contribution in [2.45, 2.75) is 5.41 Å². The number of hydrogen-bond donors (Lipinski definition) is 0. The maximum atomic E-state index is 10.2. The summed E-state index contributed by atoms with van der Waals surface area (Å²) in [5.74, 6) is -0.844. The van der Waals surface area contributed by atoms with Gasteiger partial charge in [-0.3, -0.25) is 0 Å². The van der Waals surface area contributed by atoms with Crippen LogP contribution in [0.4, 0.5) is 0 Å². The largest absolute Gasteiger partial charge is 0.457 e. The highest BCUT2D eigenvalue weighted by atomic mass is 16.5. The molecule has 0 aliphatic carbocycles. The summed E-state index contributed by atoms with van der Waals surface area (Å²) in [5, 5.41) is -1.95. The van der Waals surface area contributed by atoms with Gasteiger partial charge in [0.1, 0.15) is 11.5 Å². The number of para-hydroxylation sites is 2. The van der Waals surface area contributed by atoms with E-state index in [9.17, 15) is 11.0 Å². The van der Waals surface area contributed by atoms with E-state index in [-0.39, 0.29) is 16.9 Å². The topological polar surface area (TPSA) is 14.2 Å². The molecule has 0 unspecified atom stereocenters. The van der Waals surface area contributed by atoms with Gasteiger partial charge in [-0.05, 0) is 69.9 Å². The van der Waals surface area contributed by atoms with Crippen molar-refractivity contribution in [1.29, 1.82) is 0 Å². The summed E-state index contributed by atoms with van der Waals surface area (Å²) in [5.41, 5.74) is -4.67. The molecule has 8 aromatic carbocycles. The second-order valence-electron chi connectivity index (χ2n) is 11.2. The van der Waals surface area contributed by atoms with Crippen LogP contribution in [0.3, 0.4) is 0 Å². The maximum Gasteiger partial charge on any atom is 0.132 e. The molecule has 2 heteroatoms. The zero-order chi connectivity index (χ0) is 50.6. The molecule has 1 aliphatic heterocycles. The molecular formula is C47H31NO. The fraction of sp³-hybridized carbons (Fsp3) is 0.0213. The minimum atomic E-state index is -1.96. The molecule has 0 saturated carbocycles. The Labute approximate surface area is 314 Å². The van der Waals surface area contributed by atoms with E-state index in [1.807, 2.05) is 0 Å². The molecule has 0 amide bonds. The van der Waals surface area contributed by atoms with Crippen molar-refractivity contribution in [3.05, 3.63) is 210 Å². The number of benzene rings is 8. The first-order valence-corrected chi connectivity index (χ1v) is 15.2. The summed E-state index contributed by atoms with van der Waals surface area (Å²) in [6.07, 6.45) is 0. The first-order chi connectivity index (χ1) is 33.1. The first-order valence-electron chi connectivity index (χ1n) is 25.7. The summed E-state index contributed by atoms with van der Waals surface area (Å²) < 4.78 is 199. The lowest BCUT2D eigenvalue weighted by Crippen LogP contribution is -2.34. The molecule has 9 aromatic rings. The lowest BCUT2D eigenvalue weighted by Gasteiger charge is -2.41. The molecule has 0 N–H and O–H groups in total. The van der Waals surface area contributed by atoms with Gasteiger partial charge in [0.05, 0.1) is 45.2 Å². The van der Waals surface area contributed by atoms with Gasteiger partial charge in [-0.1, -0.05) is 145 Å². The molecule has 10 rings (SSSR count). The van der Waals surface area contributed by atoms with Crippen molar-refractivity contribution < 1.29 is 33.5 Å². The van der Waals surface area contributed by atoms with E-state index in [0.29, 0.717) is 11.1 Å². The van der Waals surface area contributed by atoms with Crippen LogP contribution in [0.1, 0.15) is 51.0 Å². The number of rotatable bonds is 4. The van der Waals surface area contributed by atoms with E-state index in [2.05, 4.69) is 0 Å². The third-order valence-electron chi connectivity index (χ3n) is 8.72. The van der Waals surface area contributed by atoms with Crippen molar-refractivity contribution in [3.8, 4) is 28.3 Å². The standard InChI is InChI=1S/C47H31NO/c1-4-15-35(16-5-1)47(36-17-6-2-7-18-36)41-22-12-13-23-44(41)49-45-29-26-34(31-42(45)47)33-25-28-43-40(30-33)39-27-24-32-14-10-11-21-38(32)46(39)48(43)37-19-8-3-9-20-37/h1-31H/i3D,8D,9D,10D,11D,12D,13D,14D,19D,20D,21D,22D,23D,24D,25D,26D,27D,28D,29D,30D,31D. The monoisotopic (exact) mass is 646 g/mol. The van der Waals surface area contributed by atoms with Crippen LogP contribution in [0.5, 0.6) is 11.5 Å². The zero-order valence-electron chi connectivity index (χ0n) is 46.1. The van der Waals surface area contributed by atoms with Crippen LogP contribution >= 0.6 is 0 Å². The number of fused-ring (bicyclic) bond motifs is 7. The summed E-state index contributed by atoms with van der Waals surface area (Å²) in [4.78, 5) is 0. The summed E-state index contributed by atoms with van der Waals surface area (Å²) in [6.45, 7) is 0. The van der Waals surface area contributed by atoms with Crippen LogP contribution in [0, 0.1) is 0 Å². The Morgan fingerprint density at radius 3 is 1.94 bits per heavy atom. The van der Waals surface area contributed by atoms with Gasteiger partial charge >= 0.3 is 0 Å². The van der Waals surface area contributed by atoms with Gasteiger partial charge in [-0.25, -0.2) is 0 Å². The number of nitrogens with zero attached hydrogens (tertiary/aromatic N) is 1. The second-order valence-corrected chi connectivity index (χ2v) is 11.2. The Bertz CT molecular complexity index is 3800. The predicted octanol–water partition coefficient (Wildman–Crippen LogP) is 12.1. The lowest BCUT2D eigenvalue weighted by molar-refractivity contribution is 0.434. The average molecular weight is 647 g/mol. The van der Waals surface area contributed by atoms with Crippen LogP contribution in [-0.2, 0) is 5.41 Å². The van der Waals surface area contributed by atoms with Crippen molar-refractivity contribution in [2.24, 2.45) is 0 Å². The Balaban J connectivity index is 1.46. The Morgan fingerprint density at radius 1 is 0.490 bits per heavy atom. The number of ether oxygens (including phenoxy) is 1. The molecule has 0 bridgehead atoms. The van der Waals surface area contributed by atoms with Crippen LogP contribution in [-0.4, -0.2) is 4.57 Å². The SMILES string of the molecule is [2H]c1c([2H])c([2H])c(-n2c3c([2H])c([2H])c(-c4c([2H])c([2H])c5c(c4[2H])C(c4ccccc4)(c4ccccc4)c4c([2H])c([2H])c([2H])c([2H])c4O5)c([2H])c3c3c([2H])c([2H])c4c([2H])c([2H])c([2H])c([2H])c4c32)c([2H])c1[2H]. The Kier molecular flexibility index (Phi) is 3.09. The Morgan fingerprint density at radius 2 is 1.14 bits per heavy atom. The molecule has 49 heavy (non-hydrogen) atoms. The molecule has 2 heterocycles. The lowest BCUT2D eigenvalue weighted by atomic mass is 9.63. The van der Waals surface area contributed by atoms with Gasteiger partial charge < -0.3 is 9.30 Å². The summed E-state index contributed by atoms with van der Waals surface area (Å²) in [7, 11) is 0. The minimum Gasteiger partial charge on any atom is -0.457 e. The van der Waals surface area contributed by atoms with Crippen molar-refractivity contribution >= 4 is 32.6 Å². The van der Waals surface area contributed by atoms with Gasteiger partial charge in [-0.15, -0.1) is 0 Å². The van der Waals surface area contributed by atoms with E-state index in [0.717, 1.165) is 4.57 Å². The highest BCUT2D eigenvalue weighted by molar-refractivity contribution is 6.19. The van der Waals surface area contributed by atoms with Crippen molar-refractivity contribution in [2.75, 3.05) is 0 Å². The highest BCUT2D eigenvalue weighted by Gasteiger charge is 2.45. The van der Waals surface area contributed by atoms with Gasteiger partial charge in [0.2, 0.25) is 0 Å². The van der Waals surface area contributed by atoms with Gasteiger partial charge in [0.15, 0.2) is 0 Å². The quantitative estimate of drug-likeness (QED) is 0.186. The van der Waals surface area contributed by atoms with Crippen LogP contribution in [0.2, 0.25) is 0 Å². The first kappa shape index (κ1) is 14.0. The fourth-order valence-electron chi connectivity index (χ4n) is 6.71. The van der Waals surface area contributed by atoms with Crippen molar-refractivity contribution in [1.82, 2.24) is 4.57 Å². The van der Waals surface area contributed by atoms with Crippen molar-refractivity contribution in [3.63, 3.8) is 0 Å². The van der Waals surface area contributed by atoms with E-state index >= 15 is 0 Å². The van der Waals surface area contributed by atoms with E-state index in [1.54, 1.807) is 60.7 Å². The van der Waals surface area contributed by atoms with Crippen LogP contribution in [0.25, 0.3) is 49.4 Å². The fourth-order valence-corrected chi connectivity index (χ4v) is 6.71. The molecule has 0 spiro atoms. The molecule has 0 radical (unpaired) electrons. The molecule has 1 aromatic heterocycles. The number of hydrogen-bond acceptors (Lipinski definition) is 1.